The van der Waals surface area contributed by atoms with Crippen LogP contribution in [0, 0.1) is 0 Å². The van der Waals surface area contributed by atoms with Crippen LogP contribution in [0.15, 0.2) is 57.0 Å². The number of piperazine rings is 1. The van der Waals surface area contributed by atoms with Gasteiger partial charge in [0.2, 0.25) is 10.0 Å². The molecule has 0 radical (unpaired) electrons. The first-order chi connectivity index (χ1) is 14.8. The Morgan fingerprint density at radius 3 is 2.29 bits per heavy atom. The molecule has 1 aromatic carbocycles. The first-order valence-corrected chi connectivity index (χ1v) is 11.6. The average Bonchev–Trinajstić information content (AvgIpc) is 3.31. The first-order valence-electron chi connectivity index (χ1n) is 10.2. The van der Waals surface area contributed by atoms with E-state index in [1.54, 1.807) is 41.3 Å². The van der Waals surface area contributed by atoms with Gasteiger partial charge >= 0.3 is 0 Å². The smallest absolute Gasteiger partial charge is 0.289 e. The Hall–Kier alpha value is -2.85. The summed E-state index contributed by atoms with van der Waals surface area (Å²) in [6, 6.07) is 10.2. The Kier molecular flexibility index (Phi) is 7.34. The highest BCUT2D eigenvalue weighted by Crippen LogP contribution is 2.15. The zero-order chi connectivity index (χ0) is 22.4. The topological polar surface area (TPSA) is 98.5 Å². The first kappa shape index (κ1) is 22.8. The largest absolute Gasteiger partial charge is 0.459 e. The quantitative estimate of drug-likeness (QED) is 0.532. The SMILES string of the molecule is CCNC(=NCc1ccc(S(=O)(=O)N(C)C)cc1)N1CCN(C(=O)c2ccco2)CC1. The van der Waals surface area contributed by atoms with Crippen LogP contribution in [0.25, 0.3) is 0 Å². The number of furan rings is 1. The molecule has 1 saturated heterocycles. The molecule has 0 aliphatic carbocycles. The summed E-state index contributed by atoms with van der Waals surface area (Å²) in [5.41, 5.74) is 0.916. The number of guanidine groups is 1. The van der Waals surface area contributed by atoms with Gasteiger partial charge in [-0.05, 0) is 36.8 Å². The number of nitrogens with one attached hydrogen (secondary N) is 1. The molecular formula is C21H29N5O4S. The van der Waals surface area contributed by atoms with E-state index in [0.29, 0.717) is 38.5 Å². The Morgan fingerprint density at radius 1 is 1.10 bits per heavy atom. The molecule has 2 aromatic rings. The Balaban J connectivity index is 1.62. The van der Waals surface area contributed by atoms with Gasteiger partial charge in [0.15, 0.2) is 11.7 Å². The van der Waals surface area contributed by atoms with Crippen molar-refractivity contribution in [2.24, 2.45) is 4.99 Å². The Bertz CT molecular complexity index is 993. The summed E-state index contributed by atoms with van der Waals surface area (Å²) < 4.78 is 30.8. The number of carbonyl (C=O) groups excluding carboxylic acids is 1. The molecule has 1 aliphatic rings. The lowest BCUT2D eigenvalue weighted by atomic mass is 10.2. The fourth-order valence-electron chi connectivity index (χ4n) is 3.25. The number of sulfonamides is 1. The van der Waals surface area contributed by atoms with Crippen molar-refractivity contribution in [1.82, 2.24) is 19.4 Å². The molecule has 9 nitrogen and oxygen atoms in total. The standard InChI is InChI=1S/C21H29N5O4S/c1-4-22-21(23-16-17-7-9-18(10-8-17)31(28,29)24(2)3)26-13-11-25(12-14-26)20(27)19-6-5-15-30-19/h5-10,15H,4,11-14,16H2,1-3H3,(H,22,23). The van der Waals surface area contributed by atoms with Crippen molar-refractivity contribution in [2.45, 2.75) is 18.4 Å². The minimum atomic E-state index is -3.44. The van der Waals surface area contributed by atoms with Gasteiger partial charge in [-0.25, -0.2) is 17.7 Å². The van der Waals surface area contributed by atoms with Gasteiger partial charge in [0.1, 0.15) is 0 Å². The van der Waals surface area contributed by atoms with Crippen molar-refractivity contribution >= 4 is 21.9 Å². The van der Waals surface area contributed by atoms with Crippen molar-refractivity contribution in [3.8, 4) is 0 Å². The molecule has 168 valence electrons. The van der Waals surface area contributed by atoms with Gasteiger partial charge in [-0.2, -0.15) is 0 Å². The number of hydrogen-bond acceptors (Lipinski definition) is 5. The summed E-state index contributed by atoms with van der Waals surface area (Å²) >= 11 is 0. The molecule has 0 saturated carbocycles. The second-order valence-electron chi connectivity index (χ2n) is 7.36. The second kappa shape index (κ2) is 9.97. The molecule has 0 atom stereocenters. The van der Waals surface area contributed by atoms with E-state index in [2.05, 4.69) is 10.2 Å². The maximum Gasteiger partial charge on any atom is 0.289 e. The number of nitrogens with zero attached hydrogens (tertiary/aromatic N) is 4. The van der Waals surface area contributed by atoms with Gasteiger partial charge in [0.25, 0.3) is 5.91 Å². The van der Waals surface area contributed by atoms with E-state index >= 15 is 0 Å². The summed E-state index contributed by atoms with van der Waals surface area (Å²) in [6.07, 6.45) is 1.50. The maximum absolute atomic E-state index is 12.4. The number of rotatable bonds is 6. The minimum Gasteiger partial charge on any atom is -0.459 e. The van der Waals surface area contributed by atoms with Crippen LogP contribution in [0.4, 0.5) is 0 Å². The maximum atomic E-state index is 12.4. The molecule has 3 rings (SSSR count). The monoisotopic (exact) mass is 447 g/mol. The van der Waals surface area contributed by atoms with Crippen LogP contribution < -0.4 is 5.32 Å². The number of benzene rings is 1. The molecule has 1 amide bonds. The molecule has 2 heterocycles. The summed E-state index contributed by atoms with van der Waals surface area (Å²) in [5.74, 6) is 1.03. The third kappa shape index (κ3) is 5.45. The number of hydrogen-bond donors (Lipinski definition) is 1. The van der Waals surface area contributed by atoms with Crippen molar-refractivity contribution in [3.05, 3.63) is 54.0 Å². The van der Waals surface area contributed by atoms with Crippen molar-refractivity contribution in [2.75, 3.05) is 46.8 Å². The Labute approximate surface area is 183 Å². The second-order valence-corrected chi connectivity index (χ2v) is 9.51. The van der Waals surface area contributed by atoms with E-state index in [1.165, 1.54) is 24.7 Å². The van der Waals surface area contributed by atoms with E-state index in [9.17, 15) is 13.2 Å². The van der Waals surface area contributed by atoms with Crippen LogP contribution in [0.3, 0.4) is 0 Å². The lowest BCUT2D eigenvalue weighted by Crippen LogP contribution is -2.53. The van der Waals surface area contributed by atoms with Crippen LogP contribution in [-0.4, -0.2) is 81.2 Å². The summed E-state index contributed by atoms with van der Waals surface area (Å²) in [4.78, 5) is 21.3. The van der Waals surface area contributed by atoms with Gasteiger partial charge in [0.05, 0.1) is 17.7 Å². The van der Waals surface area contributed by atoms with Gasteiger partial charge in [0, 0.05) is 46.8 Å². The summed E-state index contributed by atoms with van der Waals surface area (Å²) in [5, 5.41) is 3.30. The minimum absolute atomic E-state index is 0.0978. The third-order valence-electron chi connectivity index (χ3n) is 5.05. The van der Waals surface area contributed by atoms with Crippen LogP contribution >= 0.6 is 0 Å². The van der Waals surface area contributed by atoms with Crippen molar-refractivity contribution < 1.29 is 17.6 Å². The van der Waals surface area contributed by atoms with Crippen molar-refractivity contribution in [3.63, 3.8) is 0 Å². The van der Waals surface area contributed by atoms with Crippen LogP contribution in [0.5, 0.6) is 0 Å². The van der Waals surface area contributed by atoms with E-state index in [-0.39, 0.29) is 10.8 Å². The molecule has 0 unspecified atom stereocenters. The van der Waals surface area contributed by atoms with Gasteiger partial charge in [-0.1, -0.05) is 12.1 Å². The lowest BCUT2D eigenvalue weighted by Gasteiger charge is -2.36. The average molecular weight is 448 g/mol. The molecule has 1 N–H and O–H groups in total. The highest BCUT2D eigenvalue weighted by Gasteiger charge is 2.25. The van der Waals surface area contributed by atoms with Gasteiger partial charge in [-0.15, -0.1) is 0 Å². The molecule has 1 aliphatic heterocycles. The number of aliphatic imine (C=N–C) groups is 1. The molecule has 31 heavy (non-hydrogen) atoms. The third-order valence-corrected chi connectivity index (χ3v) is 6.88. The molecule has 0 bridgehead atoms. The van der Waals surface area contributed by atoms with Crippen LogP contribution in [-0.2, 0) is 16.6 Å². The molecular weight excluding hydrogens is 418 g/mol. The van der Waals surface area contributed by atoms with Gasteiger partial charge in [-0.3, -0.25) is 4.79 Å². The van der Waals surface area contributed by atoms with E-state index in [0.717, 1.165) is 18.1 Å². The zero-order valence-electron chi connectivity index (χ0n) is 18.1. The molecule has 10 heteroatoms. The number of carbonyl (C=O) groups is 1. The van der Waals surface area contributed by atoms with E-state index in [1.807, 2.05) is 6.92 Å². The zero-order valence-corrected chi connectivity index (χ0v) is 18.9. The highest BCUT2D eigenvalue weighted by molar-refractivity contribution is 7.89. The molecule has 1 aromatic heterocycles. The van der Waals surface area contributed by atoms with Crippen LogP contribution in [0.2, 0.25) is 0 Å². The van der Waals surface area contributed by atoms with E-state index < -0.39 is 10.0 Å². The fraction of sp³-hybridized carbons (Fsp3) is 0.429. The summed E-state index contributed by atoms with van der Waals surface area (Å²) in [7, 11) is -0.417. The summed E-state index contributed by atoms with van der Waals surface area (Å²) in [6.45, 7) is 5.66. The molecule has 0 spiro atoms. The van der Waals surface area contributed by atoms with Gasteiger partial charge < -0.3 is 19.5 Å². The van der Waals surface area contributed by atoms with Crippen LogP contribution in [0.1, 0.15) is 23.0 Å². The predicted octanol–water partition coefficient (Wildman–Crippen LogP) is 1.45. The fourth-order valence-corrected chi connectivity index (χ4v) is 4.15. The number of amides is 1. The predicted molar refractivity (Wildman–Crippen MR) is 118 cm³/mol. The Morgan fingerprint density at radius 2 is 1.74 bits per heavy atom. The van der Waals surface area contributed by atoms with E-state index in [4.69, 9.17) is 9.41 Å². The molecule has 1 fully saturated rings. The lowest BCUT2D eigenvalue weighted by molar-refractivity contribution is 0.0657. The highest BCUT2D eigenvalue weighted by atomic mass is 32.2. The normalized spacial score (nSPS) is 15.4. The van der Waals surface area contributed by atoms with Crippen molar-refractivity contribution in [1.29, 1.82) is 0 Å².